The summed E-state index contributed by atoms with van der Waals surface area (Å²) in [5.41, 5.74) is 7.01. The lowest BCUT2D eigenvalue weighted by molar-refractivity contribution is 0.257. The van der Waals surface area contributed by atoms with Crippen molar-refractivity contribution < 1.29 is 4.39 Å². The van der Waals surface area contributed by atoms with E-state index in [1.54, 1.807) is 6.07 Å². The SMILES string of the molecule is CC(CNc1cc(Br)c(F)cc1N)N(C)C1CC1. The lowest BCUT2D eigenvalue weighted by Crippen LogP contribution is -2.36. The van der Waals surface area contributed by atoms with Crippen LogP contribution < -0.4 is 11.1 Å². The normalized spacial score (nSPS) is 16.9. The summed E-state index contributed by atoms with van der Waals surface area (Å²) in [4.78, 5) is 2.38. The van der Waals surface area contributed by atoms with Crippen LogP contribution in [0.15, 0.2) is 16.6 Å². The van der Waals surface area contributed by atoms with Gasteiger partial charge in [-0.15, -0.1) is 0 Å². The van der Waals surface area contributed by atoms with E-state index in [0.717, 1.165) is 18.3 Å². The van der Waals surface area contributed by atoms with Crippen LogP contribution in [-0.2, 0) is 0 Å². The molecule has 0 aliphatic heterocycles. The van der Waals surface area contributed by atoms with E-state index in [1.165, 1.54) is 18.9 Å². The molecule has 3 N–H and O–H groups in total. The van der Waals surface area contributed by atoms with Crippen molar-refractivity contribution in [1.29, 1.82) is 0 Å². The summed E-state index contributed by atoms with van der Waals surface area (Å²) in [5.74, 6) is -0.332. The first kappa shape index (κ1) is 13.6. The third-order valence-electron chi connectivity index (χ3n) is 3.50. The molecule has 0 aromatic heterocycles. The summed E-state index contributed by atoms with van der Waals surface area (Å²) < 4.78 is 13.7. The fourth-order valence-corrected chi connectivity index (χ4v) is 2.30. The summed E-state index contributed by atoms with van der Waals surface area (Å²) in [6.07, 6.45) is 2.59. The molecule has 0 heterocycles. The van der Waals surface area contributed by atoms with Crippen molar-refractivity contribution in [3.63, 3.8) is 0 Å². The van der Waals surface area contributed by atoms with Crippen molar-refractivity contribution in [1.82, 2.24) is 4.90 Å². The van der Waals surface area contributed by atoms with Gasteiger partial charge in [-0.05, 0) is 48.8 Å². The third kappa shape index (κ3) is 3.14. The highest BCUT2D eigenvalue weighted by atomic mass is 79.9. The van der Waals surface area contributed by atoms with E-state index in [9.17, 15) is 4.39 Å². The number of halogens is 2. The molecule has 1 unspecified atom stereocenters. The van der Waals surface area contributed by atoms with Crippen molar-refractivity contribution in [2.45, 2.75) is 31.8 Å². The Bertz CT molecular complexity index is 434. The fourth-order valence-electron chi connectivity index (χ4n) is 1.96. The average molecular weight is 316 g/mol. The largest absolute Gasteiger partial charge is 0.397 e. The summed E-state index contributed by atoms with van der Waals surface area (Å²) in [6, 6.07) is 4.19. The van der Waals surface area contributed by atoms with Crippen molar-refractivity contribution in [2.24, 2.45) is 0 Å². The zero-order chi connectivity index (χ0) is 13.3. The van der Waals surface area contributed by atoms with Gasteiger partial charge < -0.3 is 11.1 Å². The molecule has 1 aromatic carbocycles. The summed E-state index contributed by atoms with van der Waals surface area (Å²) in [7, 11) is 2.15. The number of nitrogens with zero attached hydrogens (tertiary/aromatic N) is 1. The number of nitrogens with one attached hydrogen (secondary N) is 1. The molecule has 0 bridgehead atoms. The second-order valence-corrected chi connectivity index (χ2v) is 5.83. The highest BCUT2D eigenvalue weighted by Crippen LogP contribution is 2.28. The average Bonchev–Trinajstić information content (AvgIpc) is 3.14. The predicted molar refractivity (Wildman–Crippen MR) is 77.2 cm³/mol. The van der Waals surface area contributed by atoms with E-state index in [0.29, 0.717) is 16.2 Å². The van der Waals surface area contributed by atoms with Crippen LogP contribution in [-0.4, -0.2) is 30.6 Å². The Balaban J connectivity index is 1.95. The zero-order valence-electron chi connectivity index (χ0n) is 10.7. The smallest absolute Gasteiger partial charge is 0.139 e. The Morgan fingerprint density at radius 3 is 2.83 bits per heavy atom. The van der Waals surface area contributed by atoms with Crippen LogP contribution >= 0.6 is 15.9 Å². The van der Waals surface area contributed by atoms with Crippen molar-refractivity contribution >= 4 is 27.3 Å². The van der Waals surface area contributed by atoms with E-state index in [4.69, 9.17) is 5.73 Å². The Hall–Kier alpha value is -0.810. The van der Waals surface area contributed by atoms with Gasteiger partial charge >= 0.3 is 0 Å². The number of nitrogens with two attached hydrogens (primary N) is 1. The molecule has 0 amide bonds. The predicted octanol–water partition coefficient (Wildman–Crippen LogP) is 3.07. The van der Waals surface area contributed by atoms with E-state index < -0.39 is 0 Å². The van der Waals surface area contributed by atoms with Crippen LogP contribution in [0.2, 0.25) is 0 Å². The van der Waals surface area contributed by atoms with Gasteiger partial charge in [-0.3, -0.25) is 4.90 Å². The molecule has 1 aliphatic carbocycles. The molecule has 1 aliphatic rings. The lowest BCUT2D eigenvalue weighted by atomic mass is 10.2. The number of likely N-dealkylation sites (N-methyl/N-ethyl adjacent to an activating group) is 1. The maximum Gasteiger partial charge on any atom is 0.139 e. The van der Waals surface area contributed by atoms with Crippen molar-refractivity contribution in [2.75, 3.05) is 24.6 Å². The molecule has 1 fully saturated rings. The van der Waals surface area contributed by atoms with Gasteiger partial charge in [0.1, 0.15) is 5.82 Å². The molecule has 5 heteroatoms. The van der Waals surface area contributed by atoms with Crippen LogP contribution in [0, 0.1) is 5.82 Å². The van der Waals surface area contributed by atoms with Gasteiger partial charge in [0.2, 0.25) is 0 Å². The first-order chi connectivity index (χ1) is 8.49. The molecule has 1 atom stereocenters. The number of nitrogen functional groups attached to an aromatic ring is 1. The van der Waals surface area contributed by atoms with Crippen LogP contribution in [0.1, 0.15) is 19.8 Å². The number of hydrogen-bond acceptors (Lipinski definition) is 3. The van der Waals surface area contributed by atoms with Crippen molar-refractivity contribution in [3.8, 4) is 0 Å². The molecule has 0 spiro atoms. The first-order valence-electron chi connectivity index (χ1n) is 6.19. The minimum atomic E-state index is -0.332. The van der Waals surface area contributed by atoms with Gasteiger partial charge in [-0.1, -0.05) is 0 Å². The standard InChI is InChI=1S/C13H19BrFN3/c1-8(18(2)9-3-4-9)7-17-13-5-10(14)11(15)6-12(13)16/h5-6,8-9,17H,3-4,7,16H2,1-2H3. The van der Waals surface area contributed by atoms with Gasteiger partial charge in [0, 0.05) is 24.7 Å². The van der Waals surface area contributed by atoms with Gasteiger partial charge in [-0.25, -0.2) is 4.39 Å². The highest BCUT2D eigenvalue weighted by Gasteiger charge is 2.28. The molecule has 3 nitrogen and oxygen atoms in total. The third-order valence-corrected chi connectivity index (χ3v) is 4.11. The molecular weight excluding hydrogens is 297 g/mol. The molecule has 18 heavy (non-hydrogen) atoms. The quantitative estimate of drug-likeness (QED) is 0.820. The maximum absolute atomic E-state index is 13.2. The number of anilines is 2. The van der Waals surface area contributed by atoms with Gasteiger partial charge in [0.25, 0.3) is 0 Å². The van der Waals surface area contributed by atoms with E-state index >= 15 is 0 Å². The zero-order valence-corrected chi connectivity index (χ0v) is 12.3. The fraction of sp³-hybridized carbons (Fsp3) is 0.538. The van der Waals surface area contributed by atoms with Gasteiger partial charge in [0.15, 0.2) is 0 Å². The second-order valence-electron chi connectivity index (χ2n) is 4.98. The number of hydrogen-bond donors (Lipinski definition) is 2. The lowest BCUT2D eigenvalue weighted by Gasteiger charge is -2.25. The van der Waals surface area contributed by atoms with E-state index in [-0.39, 0.29) is 5.82 Å². The minimum absolute atomic E-state index is 0.332. The van der Waals surface area contributed by atoms with Crippen molar-refractivity contribution in [3.05, 3.63) is 22.4 Å². The molecule has 0 radical (unpaired) electrons. The van der Waals surface area contributed by atoms with Crippen LogP contribution in [0.25, 0.3) is 0 Å². The molecule has 1 saturated carbocycles. The second kappa shape index (κ2) is 5.45. The van der Waals surface area contributed by atoms with E-state index in [1.807, 2.05) is 0 Å². The van der Waals surface area contributed by atoms with Crippen LogP contribution in [0.5, 0.6) is 0 Å². The molecule has 2 rings (SSSR count). The summed E-state index contributed by atoms with van der Waals surface area (Å²) in [5, 5.41) is 3.28. The topological polar surface area (TPSA) is 41.3 Å². The van der Waals surface area contributed by atoms with Gasteiger partial charge in [-0.2, -0.15) is 0 Å². The molecule has 1 aromatic rings. The Kier molecular flexibility index (Phi) is 4.12. The van der Waals surface area contributed by atoms with Gasteiger partial charge in [0.05, 0.1) is 15.8 Å². The van der Waals surface area contributed by atoms with Crippen LogP contribution in [0.3, 0.4) is 0 Å². The number of benzene rings is 1. The minimum Gasteiger partial charge on any atom is -0.397 e. The van der Waals surface area contributed by atoms with Crippen LogP contribution in [0.4, 0.5) is 15.8 Å². The number of rotatable bonds is 5. The molecular formula is C13H19BrFN3. The first-order valence-corrected chi connectivity index (χ1v) is 6.98. The molecule has 0 saturated heterocycles. The summed E-state index contributed by atoms with van der Waals surface area (Å²) in [6.45, 7) is 2.98. The molecule has 100 valence electrons. The Morgan fingerprint density at radius 2 is 2.22 bits per heavy atom. The Labute approximate surface area is 116 Å². The monoisotopic (exact) mass is 315 g/mol. The highest BCUT2D eigenvalue weighted by molar-refractivity contribution is 9.10. The summed E-state index contributed by atoms with van der Waals surface area (Å²) >= 11 is 3.17. The maximum atomic E-state index is 13.2. The van der Waals surface area contributed by atoms with E-state index in [2.05, 4.69) is 40.1 Å². The Morgan fingerprint density at radius 1 is 1.56 bits per heavy atom.